The summed E-state index contributed by atoms with van der Waals surface area (Å²) in [5, 5.41) is 2.85. The molecule has 2 aromatic carbocycles. The maximum atomic E-state index is 12.4. The van der Waals surface area contributed by atoms with Crippen LogP contribution in [0.2, 0.25) is 0 Å². The molecule has 1 aliphatic heterocycles. The average Bonchev–Trinajstić information content (AvgIpc) is 2.70. The van der Waals surface area contributed by atoms with Crippen LogP contribution >= 0.6 is 11.8 Å². The zero-order valence-corrected chi connectivity index (χ0v) is 17.2. The van der Waals surface area contributed by atoms with Gasteiger partial charge in [0.2, 0.25) is 0 Å². The zero-order valence-electron chi connectivity index (χ0n) is 16.4. The van der Waals surface area contributed by atoms with E-state index < -0.39 is 5.76 Å². The molecule has 1 amide bonds. The first-order valence-electron chi connectivity index (χ1n) is 9.70. The summed E-state index contributed by atoms with van der Waals surface area (Å²) in [6, 6.07) is 14.5. The Hall–Kier alpha value is -2.32. The molecule has 0 aromatic heterocycles. The van der Waals surface area contributed by atoms with Gasteiger partial charge in [-0.15, -0.1) is 0 Å². The van der Waals surface area contributed by atoms with E-state index in [0.717, 1.165) is 37.6 Å². The van der Waals surface area contributed by atoms with Crippen molar-refractivity contribution in [1.29, 1.82) is 0 Å². The lowest BCUT2D eigenvalue weighted by Crippen LogP contribution is -3.15. The van der Waals surface area contributed by atoms with Gasteiger partial charge in [-0.2, -0.15) is 8.78 Å². The number of nitrogens with zero attached hydrogens (tertiary/aromatic N) is 1. The Balaban J connectivity index is 1.47. The zero-order chi connectivity index (χ0) is 20.6. The van der Waals surface area contributed by atoms with Gasteiger partial charge in [0.1, 0.15) is 5.75 Å². The van der Waals surface area contributed by atoms with Crippen LogP contribution < -0.4 is 19.9 Å². The molecule has 0 radical (unpaired) electrons. The van der Waals surface area contributed by atoms with E-state index in [1.807, 2.05) is 25.1 Å². The highest BCUT2D eigenvalue weighted by molar-refractivity contribution is 7.99. The second-order valence-electron chi connectivity index (χ2n) is 6.77. The first kappa shape index (κ1) is 21.4. The number of carbonyl (C=O) groups excluding carboxylic acids is 1. The number of rotatable bonds is 8. The first-order valence-corrected chi connectivity index (χ1v) is 10.6. The number of alkyl halides is 2. The Morgan fingerprint density at radius 3 is 2.52 bits per heavy atom. The fourth-order valence-corrected chi connectivity index (χ4v) is 3.89. The molecule has 5 nitrogen and oxygen atoms in total. The van der Waals surface area contributed by atoms with Gasteiger partial charge in [0.15, 0.2) is 6.54 Å². The third-order valence-corrected chi connectivity index (χ3v) is 5.47. The van der Waals surface area contributed by atoms with Gasteiger partial charge in [0, 0.05) is 10.6 Å². The summed E-state index contributed by atoms with van der Waals surface area (Å²) in [6.45, 7) is 6.41. The third kappa shape index (κ3) is 6.33. The lowest BCUT2D eigenvalue weighted by molar-refractivity contribution is -0.892. The summed E-state index contributed by atoms with van der Waals surface area (Å²) < 4.78 is 30.5. The number of hydrogen-bond acceptors (Lipinski definition) is 4. The van der Waals surface area contributed by atoms with Crippen LogP contribution in [0.15, 0.2) is 53.4 Å². The van der Waals surface area contributed by atoms with Crippen molar-refractivity contribution in [3.05, 3.63) is 48.5 Å². The number of piperazine rings is 1. The highest BCUT2D eigenvalue weighted by Crippen LogP contribution is 2.28. The fraction of sp³-hybridized carbons (Fsp3) is 0.381. The van der Waals surface area contributed by atoms with Gasteiger partial charge in [-0.3, -0.25) is 4.79 Å². The lowest BCUT2D eigenvalue weighted by atomic mass is 10.2. The van der Waals surface area contributed by atoms with Crippen LogP contribution in [-0.4, -0.2) is 51.0 Å². The number of benzene rings is 2. The Morgan fingerprint density at radius 2 is 1.86 bits per heavy atom. The van der Waals surface area contributed by atoms with Gasteiger partial charge in [0.05, 0.1) is 38.5 Å². The second kappa shape index (κ2) is 10.5. The molecule has 2 aromatic rings. The molecule has 0 aliphatic carbocycles. The molecule has 0 unspecified atom stereocenters. The van der Waals surface area contributed by atoms with Gasteiger partial charge in [-0.1, -0.05) is 23.9 Å². The van der Waals surface area contributed by atoms with Crippen molar-refractivity contribution in [1.82, 2.24) is 0 Å². The van der Waals surface area contributed by atoms with E-state index in [1.165, 1.54) is 4.90 Å². The Kier molecular flexibility index (Phi) is 7.71. The molecular weight excluding hydrogens is 396 g/mol. The number of hydrogen-bond donors (Lipinski definition) is 2. The predicted molar refractivity (Wildman–Crippen MR) is 112 cm³/mol. The summed E-state index contributed by atoms with van der Waals surface area (Å²) in [6.07, 6.45) is 0. The Labute approximate surface area is 174 Å². The number of thioether (sulfide) groups is 1. The first-order chi connectivity index (χ1) is 14.0. The summed E-state index contributed by atoms with van der Waals surface area (Å²) in [5.41, 5.74) is 1.72. The van der Waals surface area contributed by atoms with Crippen molar-refractivity contribution in [2.75, 3.05) is 49.5 Å². The second-order valence-corrected chi connectivity index (χ2v) is 7.83. The van der Waals surface area contributed by atoms with Crippen LogP contribution in [0.3, 0.4) is 0 Å². The Bertz CT molecular complexity index is 797. The molecular formula is C21H26F2N3O2S+. The van der Waals surface area contributed by atoms with Gasteiger partial charge in [-0.05, 0) is 43.3 Å². The van der Waals surface area contributed by atoms with Crippen molar-refractivity contribution >= 4 is 29.0 Å². The maximum Gasteiger partial charge on any atom is 0.288 e. The molecule has 3 rings (SSSR count). The molecule has 1 saturated heterocycles. The van der Waals surface area contributed by atoms with Crippen molar-refractivity contribution in [3.63, 3.8) is 0 Å². The summed E-state index contributed by atoms with van der Waals surface area (Å²) in [4.78, 5) is 16.3. The molecule has 0 spiro atoms. The van der Waals surface area contributed by atoms with Crippen LogP contribution in [0.1, 0.15) is 6.92 Å². The van der Waals surface area contributed by atoms with Gasteiger partial charge in [0.25, 0.3) is 11.7 Å². The summed E-state index contributed by atoms with van der Waals surface area (Å²) >= 11 is 0.493. The number of para-hydroxylation sites is 2. The van der Waals surface area contributed by atoms with Crippen molar-refractivity contribution in [3.8, 4) is 5.75 Å². The van der Waals surface area contributed by atoms with Gasteiger partial charge in [-0.25, -0.2) is 0 Å². The maximum absolute atomic E-state index is 12.4. The van der Waals surface area contributed by atoms with E-state index in [4.69, 9.17) is 4.74 Å². The van der Waals surface area contributed by atoms with E-state index >= 15 is 0 Å². The molecule has 1 aliphatic rings. The van der Waals surface area contributed by atoms with Crippen molar-refractivity contribution in [2.45, 2.75) is 17.6 Å². The summed E-state index contributed by atoms with van der Waals surface area (Å²) in [5.74, 6) is -1.62. The van der Waals surface area contributed by atoms with Gasteiger partial charge >= 0.3 is 0 Å². The quantitative estimate of drug-likeness (QED) is 0.643. The minimum atomic E-state index is -2.45. The monoisotopic (exact) mass is 422 g/mol. The summed E-state index contributed by atoms with van der Waals surface area (Å²) in [7, 11) is 0. The fourth-order valence-electron chi connectivity index (χ4n) is 3.39. The molecule has 1 heterocycles. The van der Waals surface area contributed by atoms with Gasteiger partial charge < -0.3 is 19.9 Å². The minimum Gasteiger partial charge on any atom is -0.492 e. The van der Waals surface area contributed by atoms with Crippen LogP contribution in [0.4, 0.5) is 20.2 Å². The SMILES string of the molecule is CCOc1ccccc1N1CC[NH+](CC(=O)Nc2ccc(SC(F)F)cc2)CC1. The van der Waals surface area contributed by atoms with E-state index in [0.29, 0.717) is 35.5 Å². The van der Waals surface area contributed by atoms with Crippen molar-refractivity contribution < 1.29 is 23.2 Å². The number of quaternary nitrogens is 1. The smallest absolute Gasteiger partial charge is 0.288 e. The average molecular weight is 423 g/mol. The Morgan fingerprint density at radius 1 is 1.17 bits per heavy atom. The third-order valence-electron chi connectivity index (χ3n) is 4.75. The number of ether oxygens (including phenoxy) is 1. The molecule has 2 N–H and O–H groups in total. The number of halogens is 2. The molecule has 8 heteroatoms. The highest BCUT2D eigenvalue weighted by atomic mass is 32.2. The standard InChI is InChI=1S/C21H25F2N3O2S/c1-2-28-19-6-4-3-5-18(19)26-13-11-25(12-14-26)15-20(27)24-16-7-9-17(10-8-16)29-21(22)23/h3-10,21H,2,11-15H2,1H3,(H,24,27)/p+1. The van der Waals surface area contributed by atoms with E-state index in [-0.39, 0.29) is 5.91 Å². The molecule has 1 fully saturated rings. The number of anilines is 2. The van der Waals surface area contributed by atoms with Crippen LogP contribution in [0, 0.1) is 0 Å². The number of carbonyl (C=O) groups is 1. The molecule has 156 valence electrons. The molecule has 29 heavy (non-hydrogen) atoms. The lowest BCUT2D eigenvalue weighted by Gasteiger charge is -2.34. The van der Waals surface area contributed by atoms with E-state index in [2.05, 4.69) is 16.3 Å². The number of nitrogens with one attached hydrogen (secondary N) is 2. The number of amides is 1. The topological polar surface area (TPSA) is 46.0 Å². The molecule has 0 bridgehead atoms. The molecule has 0 saturated carbocycles. The van der Waals surface area contributed by atoms with Crippen LogP contribution in [0.5, 0.6) is 5.75 Å². The normalized spacial score (nSPS) is 14.8. The van der Waals surface area contributed by atoms with E-state index in [1.54, 1.807) is 24.3 Å². The predicted octanol–water partition coefficient (Wildman–Crippen LogP) is 2.74. The minimum absolute atomic E-state index is 0.0718. The molecule has 0 atom stereocenters. The van der Waals surface area contributed by atoms with Crippen molar-refractivity contribution in [2.24, 2.45) is 0 Å². The largest absolute Gasteiger partial charge is 0.492 e. The van der Waals surface area contributed by atoms with Crippen LogP contribution in [-0.2, 0) is 4.79 Å². The van der Waals surface area contributed by atoms with Crippen LogP contribution in [0.25, 0.3) is 0 Å². The highest BCUT2D eigenvalue weighted by Gasteiger charge is 2.24. The van der Waals surface area contributed by atoms with E-state index in [9.17, 15) is 13.6 Å².